The van der Waals surface area contributed by atoms with Crippen LogP contribution in [0.1, 0.15) is 103 Å². The molecule has 7 heteroatoms. The van der Waals surface area contributed by atoms with Crippen molar-refractivity contribution >= 4 is 12.9 Å². The standard InChI is InChI=1S/C22H38BF2N2O2/c1-18-13-14-20-17-21-16-15-19(27(21)23(24,25)26(18)20)11-9-7-5-3-2-4-6-8-10-12-22(28)29/h17-20H,2-16H2,1H3,(H,28,29)/q-1. The second-order valence-electron chi connectivity index (χ2n) is 9.40. The van der Waals surface area contributed by atoms with Gasteiger partial charge in [-0.3, -0.25) is 4.79 Å². The molecule has 1 N–H and O–H groups in total. The molecular formula is C22H38BF2N2O2-. The number of allylic oxidation sites excluding steroid dienone is 1. The van der Waals surface area contributed by atoms with Crippen molar-refractivity contribution in [3.63, 3.8) is 0 Å². The van der Waals surface area contributed by atoms with E-state index in [1.165, 1.54) is 35.3 Å². The fraction of sp³-hybridized carbons (Fsp3) is 0.864. The van der Waals surface area contributed by atoms with Gasteiger partial charge in [0.05, 0.1) is 0 Å². The lowest BCUT2D eigenvalue weighted by Crippen LogP contribution is -2.66. The van der Waals surface area contributed by atoms with E-state index in [2.05, 4.69) is 6.08 Å². The molecule has 0 aromatic rings. The zero-order chi connectivity index (χ0) is 20.9. The maximum atomic E-state index is 15.3. The minimum atomic E-state index is -3.59. The van der Waals surface area contributed by atoms with Gasteiger partial charge in [-0.25, -0.2) is 0 Å². The molecule has 3 rings (SSSR count). The number of fused-ring (bicyclic) bond motifs is 2. The lowest BCUT2D eigenvalue weighted by molar-refractivity contribution is -0.137. The summed E-state index contributed by atoms with van der Waals surface area (Å²) in [7, 11) is 0. The lowest BCUT2D eigenvalue weighted by Gasteiger charge is -2.55. The first kappa shape index (κ1) is 22.6. The SMILES string of the molecule is CC1CCC2C=C3CCC(CCCCCCCCCCCC(=O)O)N3[B-](F)(F)N12. The van der Waals surface area contributed by atoms with Gasteiger partial charge in [-0.2, -0.15) is 0 Å². The number of carboxylic acids is 1. The summed E-state index contributed by atoms with van der Waals surface area (Å²) in [6.07, 6.45) is 16.6. The molecular weight excluding hydrogens is 373 g/mol. The number of halogens is 2. The predicted octanol–water partition coefficient (Wildman–Crippen LogP) is 5.95. The van der Waals surface area contributed by atoms with Crippen LogP contribution in [0, 0.1) is 0 Å². The minimum absolute atomic E-state index is 0.0132. The first-order valence-corrected chi connectivity index (χ1v) is 11.9. The summed E-state index contributed by atoms with van der Waals surface area (Å²) in [4.78, 5) is 13.5. The van der Waals surface area contributed by atoms with Gasteiger partial charge in [-0.05, 0) is 62.3 Å². The number of carboxylic acid groups (broad SMARTS) is 1. The van der Waals surface area contributed by atoms with Crippen LogP contribution in [0.2, 0.25) is 0 Å². The van der Waals surface area contributed by atoms with Gasteiger partial charge in [-0.15, -0.1) is 0 Å². The summed E-state index contributed by atoms with van der Waals surface area (Å²) in [6.45, 7) is -1.64. The lowest BCUT2D eigenvalue weighted by atomic mass is 9.82. The number of unbranched alkanes of at least 4 members (excludes halogenated alkanes) is 8. The largest absolute Gasteiger partial charge is 0.495 e. The van der Waals surface area contributed by atoms with Gasteiger partial charge < -0.3 is 23.4 Å². The van der Waals surface area contributed by atoms with Gasteiger partial charge >= 0.3 is 12.9 Å². The highest BCUT2D eigenvalue weighted by Crippen LogP contribution is 2.46. The number of hydrogen-bond donors (Lipinski definition) is 1. The van der Waals surface area contributed by atoms with E-state index in [0.29, 0.717) is 0 Å². The molecule has 0 amide bonds. The smallest absolute Gasteiger partial charge is 0.481 e. The predicted molar refractivity (Wildman–Crippen MR) is 114 cm³/mol. The molecule has 3 atom stereocenters. The third-order valence-corrected chi connectivity index (χ3v) is 7.24. The van der Waals surface area contributed by atoms with Crippen molar-refractivity contribution in [1.29, 1.82) is 0 Å². The maximum Gasteiger partial charge on any atom is 0.495 e. The first-order chi connectivity index (χ1) is 13.9. The molecule has 0 aromatic heterocycles. The topological polar surface area (TPSA) is 43.8 Å². The Morgan fingerprint density at radius 3 is 2.31 bits per heavy atom. The Labute approximate surface area is 174 Å². The van der Waals surface area contributed by atoms with Gasteiger partial charge in [0, 0.05) is 6.42 Å². The Kier molecular flexibility index (Phi) is 8.00. The molecule has 3 unspecified atom stereocenters. The third-order valence-electron chi connectivity index (χ3n) is 7.24. The Morgan fingerprint density at radius 1 is 1.03 bits per heavy atom. The number of carbonyl (C=O) groups is 1. The normalized spacial score (nSPS) is 28.3. The number of aliphatic carboxylic acids is 1. The van der Waals surface area contributed by atoms with Gasteiger partial charge in [0.25, 0.3) is 0 Å². The van der Waals surface area contributed by atoms with Gasteiger partial charge in [0.2, 0.25) is 0 Å². The average molecular weight is 411 g/mol. The Hall–Kier alpha value is -1.11. The van der Waals surface area contributed by atoms with E-state index in [0.717, 1.165) is 69.9 Å². The van der Waals surface area contributed by atoms with E-state index in [9.17, 15) is 4.79 Å². The second kappa shape index (κ2) is 10.3. The van der Waals surface area contributed by atoms with Crippen LogP contribution in [0.5, 0.6) is 0 Å². The molecule has 0 saturated carbocycles. The van der Waals surface area contributed by atoms with Crippen molar-refractivity contribution in [1.82, 2.24) is 9.62 Å². The average Bonchev–Trinajstić information content (AvgIpc) is 3.24. The van der Waals surface area contributed by atoms with Gasteiger partial charge in [0.1, 0.15) is 0 Å². The van der Waals surface area contributed by atoms with E-state index in [1.807, 2.05) is 6.92 Å². The molecule has 4 nitrogen and oxygen atoms in total. The quantitative estimate of drug-likeness (QED) is 0.318. The Balaban J connectivity index is 1.31. The molecule has 3 aliphatic heterocycles. The molecule has 29 heavy (non-hydrogen) atoms. The van der Waals surface area contributed by atoms with Crippen LogP contribution in [0.15, 0.2) is 11.8 Å². The zero-order valence-electron chi connectivity index (χ0n) is 18.0. The van der Waals surface area contributed by atoms with Crippen LogP contribution in [0.4, 0.5) is 8.63 Å². The molecule has 0 aromatic carbocycles. The Bertz CT molecular complexity index is 587. The van der Waals surface area contributed by atoms with Crippen molar-refractivity contribution in [2.45, 2.75) is 121 Å². The maximum absolute atomic E-state index is 15.3. The fourth-order valence-electron chi connectivity index (χ4n) is 5.73. The molecule has 0 spiro atoms. The fourth-order valence-corrected chi connectivity index (χ4v) is 5.73. The van der Waals surface area contributed by atoms with E-state index in [-0.39, 0.29) is 24.5 Å². The number of hydrogen-bond acceptors (Lipinski definition) is 3. The summed E-state index contributed by atoms with van der Waals surface area (Å²) < 4.78 is 30.6. The van der Waals surface area contributed by atoms with Gasteiger partial charge in [-0.1, -0.05) is 64.4 Å². The second-order valence-corrected chi connectivity index (χ2v) is 9.40. The van der Waals surface area contributed by atoms with E-state index in [4.69, 9.17) is 5.11 Å². The van der Waals surface area contributed by atoms with Crippen LogP contribution < -0.4 is 0 Å². The van der Waals surface area contributed by atoms with Crippen LogP contribution in [-0.2, 0) is 4.79 Å². The summed E-state index contributed by atoms with van der Waals surface area (Å²) in [5, 5.41) is 8.61. The van der Waals surface area contributed by atoms with Crippen LogP contribution in [-0.4, -0.2) is 45.8 Å². The van der Waals surface area contributed by atoms with Crippen molar-refractivity contribution < 1.29 is 18.5 Å². The van der Waals surface area contributed by atoms with Crippen molar-refractivity contribution in [3.8, 4) is 0 Å². The molecule has 3 aliphatic rings. The molecule has 0 aliphatic carbocycles. The summed E-state index contributed by atoms with van der Waals surface area (Å²) >= 11 is 0. The van der Waals surface area contributed by atoms with Crippen LogP contribution in [0.25, 0.3) is 0 Å². The molecule has 2 saturated heterocycles. The highest BCUT2D eigenvalue weighted by molar-refractivity contribution is 6.61. The Morgan fingerprint density at radius 2 is 1.66 bits per heavy atom. The molecule has 0 bridgehead atoms. The van der Waals surface area contributed by atoms with Crippen LogP contribution in [0.3, 0.4) is 0 Å². The molecule has 166 valence electrons. The van der Waals surface area contributed by atoms with E-state index in [1.54, 1.807) is 0 Å². The third kappa shape index (κ3) is 5.53. The summed E-state index contributed by atoms with van der Waals surface area (Å²) in [6, 6.07) is -0.0495. The monoisotopic (exact) mass is 411 g/mol. The highest BCUT2D eigenvalue weighted by atomic mass is 19.2. The molecule has 0 radical (unpaired) electrons. The summed E-state index contributed by atoms with van der Waals surface area (Å²) in [5.41, 5.74) is 0.915. The van der Waals surface area contributed by atoms with Crippen LogP contribution >= 0.6 is 0 Å². The zero-order valence-corrected chi connectivity index (χ0v) is 18.0. The van der Waals surface area contributed by atoms with Gasteiger partial charge in [0.15, 0.2) is 0 Å². The van der Waals surface area contributed by atoms with Crippen molar-refractivity contribution in [3.05, 3.63) is 11.8 Å². The van der Waals surface area contributed by atoms with E-state index < -0.39 is 12.9 Å². The van der Waals surface area contributed by atoms with E-state index >= 15 is 8.63 Å². The minimum Gasteiger partial charge on any atom is -0.481 e. The number of nitrogens with zero attached hydrogens (tertiary/aromatic N) is 2. The van der Waals surface area contributed by atoms with Crippen molar-refractivity contribution in [2.24, 2.45) is 0 Å². The summed E-state index contributed by atoms with van der Waals surface area (Å²) in [5.74, 6) is -0.701. The van der Waals surface area contributed by atoms with Crippen molar-refractivity contribution in [2.75, 3.05) is 0 Å². The molecule has 2 fully saturated rings. The molecule has 3 heterocycles. The highest BCUT2D eigenvalue weighted by Gasteiger charge is 2.53. The first-order valence-electron chi connectivity index (χ1n) is 11.9. The number of rotatable bonds is 12.